The number of nitrogens with one attached hydrogen (secondary N) is 1. The second-order valence-electron chi connectivity index (χ2n) is 4.59. The Labute approximate surface area is 104 Å². The van der Waals surface area contributed by atoms with Gasteiger partial charge < -0.3 is 20.3 Å². The predicted octanol–water partition coefficient (Wildman–Crippen LogP) is -0.570. The summed E-state index contributed by atoms with van der Waals surface area (Å²) < 4.78 is 5.19. The van der Waals surface area contributed by atoms with Gasteiger partial charge in [0, 0.05) is 32.3 Å². The van der Waals surface area contributed by atoms with Crippen LogP contribution in [0.15, 0.2) is 0 Å². The third-order valence-electron chi connectivity index (χ3n) is 3.04. The van der Waals surface area contributed by atoms with Crippen molar-refractivity contribution in [1.29, 1.82) is 0 Å². The monoisotopic (exact) mass is 246 g/mol. The van der Waals surface area contributed by atoms with Crippen LogP contribution in [0.3, 0.4) is 0 Å². The van der Waals surface area contributed by atoms with Crippen LogP contribution < -0.4 is 5.32 Å². The highest BCUT2D eigenvalue weighted by atomic mass is 16.5. The molecule has 0 radical (unpaired) electrons. The zero-order valence-electron chi connectivity index (χ0n) is 10.8. The molecule has 3 N–H and O–H groups in total. The largest absolute Gasteiger partial charge is 0.395 e. The molecule has 0 amide bonds. The maximum absolute atomic E-state index is 9.78. The molecule has 0 saturated carbocycles. The summed E-state index contributed by atoms with van der Waals surface area (Å²) >= 11 is 0. The van der Waals surface area contributed by atoms with Gasteiger partial charge in [0.25, 0.3) is 0 Å². The van der Waals surface area contributed by atoms with Gasteiger partial charge in [-0.05, 0) is 26.3 Å². The van der Waals surface area contributed by atoms with Crippen LogP contribution in [0.5, 0.6) is 0 Å². The van der Waals surface area contributed by atoms with Crippen LogP contribution >= 0.6 is 0 Å². The molecule has 102 valence electrons. The third-order valence-corrected chi connectivity index (χ3v) is 3.04. The number of aliphatic hydroxyl groups excluding tert-OH is 2. The molecule has 0 bridgehead atoms. The van der Waals surface area contributed by atoms with E-state index < -0.39 is 6.10 Å². The van der Waals surface area contributed by atoms with Crippen LogP contribution in [0.2, 0.25) is 0 Å². The fourth-order valence-electron chi connectivity index (χ4n) is 2.23. The lowest BCUT2D eigenvalue weighted by molar-refractivity contribution is 0.0169. The van der Waals surface area contributed by atoms with E-state index in [4.69, 9.17) is 9.84 Å². The van der Waals surface area contributed by atoms with E-state index in [2.05, 4.69) is 10.2 Å². The quantitative estimate of drug-likeness (QED) is 0.508. The average Bonchev–Trinajstić information content (AvgIpc) is 2.79. The topological polar surface area (TPSA) is 65.0 Å². The fraction of sp³-hybridized carbons (Fsp3) is 1.00. The lowest BCUT2D eigenvalue weighted by atomic mass is 10.2. The van der Waals surface area contributed by atoms with E-state index in [1.807, 2.05) is 6.92 Å². The summed E-state index contributed by atoms with van der Waals surface area (Å²) in [4.78, 5) is 2.10. The van der Waals surface area contributed by atoms with Crippen molar-refractivity contribution in [3.8, 4) is 0 Å². The summed E-state index contributed by atoms with van der Waals surface area (Å²) in [5, 5.41) is 22.2. The number of ether oxygens (including phenoxy) is 1. The summed E-state index contributed by atoms with van der Waals surface area (Å²) in [7, 11) is 0. The summed E-state index contributed by atoms with van der Waals surface area (Å²) in [5.41, 5.74) is 0. The van der Waals surface area contributed by atoms with Gasteiger partial charge in [0.05, 0.1) is 19.3 Å². The van der Waals surface area contributed by atoms with E-state index in [1.165, 1.54) is 12.8 Å². The molecule has 5 heteroatoms. The molecule has 1 aliphatic rings. The van der Waals surface area contributed by atoms with E-state index in [-0.39, 0.29) is 6.61 Å². The standard InChI is InChI=1S/C12H26N2O3/c1-2-17-10-12(16)9-14(6-7-15)8-11-4-3-5-13-11/h11-13,15-16H,2-10H2,1H3. The van der Waals surface area contributed by atoms with Crippen LogP contribution in [-0.4, -0.2) is 73.3 Å². The molecule has 1 rings (SSSR count). The molecular formula is C12H26N2O3. The first-order valence-electron chi connectivity index (χ1n) is 6.58. The minimum atomic E-state index is -0.470. The van der Waals surface area contributed by atoms with E-state index in [0.29, 0.717) is 32.3 Å². The van der Waals surface area contributed by atoms with Crippen molar-refractivity contribution in [2.45, 2.75) is 31.9 Å². The Morgan fingerprint density at radius 2 is 2.35 bits per heavy atom. The van der Waals surface area contributed by atoms with E-state index in [1.54, 1.807) is 0 Å². The molecule has 1 heterocycles. The molecule has 17 heavy (non-hydrogen) atoms. The number of hydrogen-bond donors (Lipinski definition) is 3. The molecule has 1 saturated heterocycles. The highest BCUT2D eigenvalue weighted by molar-refractivity contribution is 4.78. The second-order valence-corrected chi connectivity index (χ2v) is 4.59. The molecule has 0 aromatic carbocycles. The predicted molar refractivity (Wildman–Crippen MR) is 67.1 cm³/mol. The van der Waals surface area contributed by atoms with Gasteiger partial charge in [-0.1, -0.05) is 0 Å². The molecule has 2 unspecified atom stereocenters. The number of aliphatic hydroxyl groups is 2. The minimum absolute atomic E-state index is 0.133. The summed E-state index contributed by atoms with van der Waals surface area (Å²) in [6, 6.07) is 0.501. The van der Waals surface area contributed by atoms with Crippen LogP contribution in [-0.2, 0) is 4.74 Å². The normalized spacial score (nSPS) is 22.2. The Kier molecular flexibility index (Phi) is 7.72. The van der Waals surface area contributed by atoms with Gasteiger partial charge in [-0.15, -0.1) is 0 Å². The molecular weight excluding hydrogens is 220 g/mol. The smallest absolute Gasteiger partial charge is 0.0900 e. The van der Waals surface area contributed by atoms with Crippen molar-refractivity contribution in [3.63, 3.8) is 0 Å². The van der Waals surface area contributed by atoms with Crippen molar-refractivity contribution in [2.75, 3.05) is 46.0 Å². The zero-order chi connectivity index (χ0) is 12.5. The summed E-state index contributed by atoms with van der Waals surface area (Å²) in [6.45, 7) is 6.20. The SMILES string of the molecule is CCOCC(O)CN(CCO)CC1CCCN1. The molecule has 1 aliphatic heterocycles. The molecule has 0 aromatic rings. The molecule has 0 spiro atoms. The zero-order valence-corrected chi connectivity index (χ0v) is 10.8. The van der Waals surface area contributed by atoms with E-state index >= 15 is 0 Å². The molecule has 0 aromatic heterocycles. The van der Waals surface area contributed by atoms with Gasteiger partial charge >= 0.3 is 0 Å². The van der Waals surface area contributed by atoms with E-state index in [0.717, 1.165) is 13.1 Å². The van der Waals surface area contributed by atoms with Crippen LogP contribution in [0.25, 0.3) is 0 Å². The molecule has 5 nitrogen and oxygen atoms in total. The number of nitrogens with zero attached hydrogens (tertiary/aromatic N) is 1. The van der Waals surface area contributed by atoms with Crippen molar-refractivity contribution in [3.05, 3.63) is 0 Å². The average molecular weight is 246 g/mol. The Balaban J connectivity index is 2.25. The maximum Gasteiger partial charge on any atom is 0.0900 e. The van der Waals surface area contributed by atoms with Gasteiger partial charge in [0.1, 0.15) is 0 Å². The number of hydrogen-bond acceptors (Lipinski definition) is 5. The summed E-state index contributed by atoms with van der Waals surface area (Å²) in [5.74, 6) is 0. The van der Waals surface area contributed by atoms with Crippen molar-refractivity contribution < 1.29 is 14.9 Å². The lowest BCUT2D eigenvalue weighted by Gasteiger charge is -2.27. The highest BCUT2D eigenvalue weighted by Crippen LogP contribution is 2.07. The molecule has 1 fully saturated rings. The maximum atomic E-state index is 9.78. The first kappa shape index (κ1) is 14.9. The minimum Gasteiger partial charge on any atom is -0.395 e. The Hall–Kier alpha value is -0.200. The van der Waals surface area contributed by atoms with Gasteiger partial charge in [-0.3, -0.25) is 4.90 Å². The van der Waals surface area contributed by atoms with Crippen LogP contribution in [0.4, 0.5) is 0 Å². The number of rotatable bonds is 9. The van der Waals surface area contributed by atoms with Gasteiger partial charge in [0.15, 0.2) is 0 Å². The van der Waals surface area contributed by atoms with E-state index in [9.17, 15) is 5.11 Å². The fourth-order valence-corrected chi connectivity index (χ4v) is 2.23. The van der Waals surface area contributed by atoms with Gasteiger partial charge in [-0.2, -0.15) is 0 Å². The second kappa shape index (κ2) is 8.83. The van der Waals surface area contributed by atoms with Gasteiger partial charge in [0.2, 0.25) is 0 Å². The van der Waals surface area contributed by atoms with Crippen molar-refractivity contribution in [1.82, 2.24) is 10.2 Å². The highest BCUT2D eigenvalue weighted by Gasteiger charge is 2.19. The first-order valence-corrected chi connectivity index (χ1v) is 6.58. The summed E-state index contributed by atoms with van der Waals surface area (Å²) in [6.07, 6.45) is 1.94. The van der Waals surface area contributed by atoms with Gasteiger partial charge in [-0.25, -0.2) is 0 Å². The Morgan fingerprint density at radius 1 is 1.53 bits per heavy atom. The Bertz CT molecular complexity index is 187. The van der Waals surface area contributed by atoms with Crippen molar-refractivity contribution in [2.24, 2.45) is 0 Å². The van der Waals surface area contributed by atoms with Crippen LogP contribution in [0, 0.1) is 0 Å². The third kappa shape index (κ3) is 6.33. The lowest BCUT2D eigenvalue weighted by Crippen LogP contribution is -2.43. The van der Waals surface area contributed by atoms with Crippen LogP contribution in [0.1, 0.15) is 19.8 Å². The molecule has 2 atom stereocenters. The van der Waals surface area contributed by atoms with Crippen molar-refractivity contribution >= 4 is 0 Å². The Morgan fingerprint density at radius 3 is 2.94 bits per heavy atom. The first-order chi connectivity index (χ1) is 8.26. The molecule has 0 aliphatic carbocycles.